The van der Waals surface area contributed by atoms with Crippen LogP contribution < -0.4 is 4.90 Å². The highest BCUT2D eigenvalue weighted by molar-refractivity contribution is 5.68. The number of carboxylic acids is 1. The number of anilines is 1. The summed E-state index contributed by atoms with van der Waals surface area (Å²) in [6.07, 6.45) is 4.60. The molecule has 0 heterocycles. The van der Waals surface area contributed by atoms with Crippen molar-refractivity contribution < 1.29 is 9.90 Å². The Hall–Kier alpha value is -2.02. The number of carbonyl (C=O) groups is 1. The number of nitrogens with zero attached hydrogens (tertiary/aromatic N) is 2. The highest BCUT2D eigenvalue weighted by atomic mass is 16.4. The van der Waals surface area contributed by atoms with E-state index in [4.69, 9.17) is 10.4 Å². The Morgan fingerprint density at radius 2 is 2.00 bits per heavy atom. The Kier molecular flexibility index (Phi) is 7.20. The van der Waals surface area contributed by atoms with Gasteiger partial charge in [0.15, 0.2) is 0 Å². The van der Waals surface area contributed by atoms with Crippen molar-refractivity contribution in [2.75, 3.05) is 18.0 Å². The predicted molar refractivity (Wildman–Crippen MR) is 79.8 cm³/mol. The molecule has 1 aromatic rings. The number of para-hydroxylation sites is 1. The summed E-state index contributed by atoms with van der Waals surface area (Å²) in [5.41, 5.74) is 1.45. The molecular formula is C16H22N2O2. The average Bonchev–Trinajstić information content (AvgIpc) is 2.46. The maximum atomic E-state index is 10.8. The molecule has 4 heteroatoms. The number of rotatable bonds is 9. The molecule has 0 aliphatic rings. The summed E-state index contributed by atoms with van der Waals surface area (Å²) in [6, 6.07) is 9.55. The minimum absolute atomic E-state index is 0.0908. The topological polar surface area (TPSA) is 64.3 Å². The second kappa shape index (κ2) is 8.98. The minimum Gasteiger partial charge on any atom is -0.481 e. The third kappa shape index (κ3) is 5.31. The van der Waals surface area contributed by atoms with Crippen molar-refractivity contribution in [2.24, 2.45) is 0 Å². The quantitative estimate of drug-likeness (QED) is 0.701. The summed E-state index contributed by atoms with van der Waals surface area (Å²) in [7, 11) is 0. The lowest BCUT2D eigenvalue weighted by molar-refractivity contribution is -0.136. The zero-order valence-corrected chi connectivity index (χ0v) is 12.0. The molecule has 0 unspecified atom stereocenters. The summed E-state index contributed by atoms with van der Waals surface area (Å²) in [4.78, 5) is 12.8. The van der Waals surface area contributed by atoms with Gasteiger partial charge in [-0.3, -0.25) is 4.79 Å². The van der Waals surface area contributed by atoms with Crippen molar-refractivity contribution in [3.63, 3.8) is 0 Å². The molecular weight excluding hydrogens is 252 g/mol. The molecule has 1 aromatic carbocycles. The molecule has 1 rings (SSSR count). The molecule has 0 atom stereocenters. The molecule has 108 valence electrons. The Morgan fingerprint density at radius 3 is 2.65 bits per heavy atom. The summed E-state index contributed by atoms with van der Waals surface area (Å²) >= 11 is 0. The lowest BCUT2D eigenvalue weighted by Crippen LogP contribution is -2.28. The second-order valence-corrected chi connectivity index (χ2v) is 4.82. The average molecular weight is 274 g/mol. The number of carboxylic acid groups (broad SMARTS) is 1. The van der Waals surface area contributed by atoms with Crippen molar-refractivity contribution in [3.8, 4) is 6.07 Å². The van der Waals surface area contributed by atoms with Gasteiger partial charge in [0.05, 0.1) is 17.7 Å². The summed E-state index contributed by atoms with van der Waals surface area (Å²) in [6.45, 7) is 3.40. The van der Waals surface area contributed by atoms with Gasteiger partial charge in [-0.05, 0) is 18.6 Å². The number of aliphatic carboxylic acids is 1. The van der Waals surface area contributed by atoms with E-state index in [-0.39, 0.29) is 6.42 Å². The van der Waals surface area contributed by atoms with Crippen molar-refractivity contribution >= 4 is 11.7 Å². The minimum atomic E-state index is -0.807. The summed E-state index contributed by atoms with van der Waals surface area (Å²) < 4.78 is 0. The second-order valence-electron chi connectivity index (χ2n) is 4.82. The van der Waals surface area contributed by atoms with Crippen LogP contribution in [0.25, 0.3) is 0 Å². The van der Waals surface area contributed by atoms with Crippen molar-refractivity contribution in [1.82, 2.24) is 0 Å². The smallest absolute Gasteiger partial charge is 0.305 e. The van der Waals surface area contributed by atoms with Crippen LogP contribution in [0, 0.1) is 11.3 Å². The van der Waals surface area contributed by atoms with Gasteiger partial charge in [-0.2, -0.15) is 5.26 Å². The van der Waals surface area contributed by atoms with E-state index in [2.05, 4.69) is 13.0 Å². The highest BCUT2D eigenvalue weighted by Crippen LogP contribution is 2.20. The van der Waals surface area contributed by atoms with E-state index in [1.807, 2.05) is 23.1 Å². The molecule has 0 saturated carbocycles. The van der Waals surface area contributed by atoms with Gasteiger partial charge in [-0.15, -0.1) is 0 Å². The lowest BCUT2D eigenvalue weighted by atomic mass is 10.1. The maximum absolute atomic E-state index is 10.8. The van der Waals surface area contributed by atoms with E-state index < -0.39 is 5.97 Å². The Morgan fingerprint density at radius 1 is 1.25 bits per heavy atom. The van der Waals surface area contributed by atoms with Crippen LogP contribution >= 0.6 is 0 Å². The first-order valence-electron chi connectivity index (χ1n) is 7.15. The van der Waals surface area contributed by atoms with Crippen LogP contribution in [0.15, 0.2) is 24.3 Å². The van der Waals surface area contributed by atoms with Crippen LogP contribution in [-0.2, 0) is 4.79 Å². The molecule has 0 aliphatic carbocycles. The molecule has 1 N–H and O–H groups in total. The highest BCUT2D eigenvalue weighted by Gasteiger charge is 2.12. The molecule has 20 heavy (non-hydrogen) atoms. The van der Waals surface area contributed by atoms with E-state index in [0.29, 0.717) is 12.1 Å². The zero-order valence-electron chi connectivity index (χ0n) is 12.0. The molecule has 0 amide bonds. The van der Waals surface area contributed by atoms with Crippen LogP contribution in [-0.4, -0.2) is 24.2 Å². The van der Waals surface area contributed by atoms with E-state index in [1.54, 1.807) is 6.07 Å². The van der Waals surface area contributed by atoms with E-state index in [1.165, 1.54) is 12.8 Å². The number of hydrogen-bond acceptors (Lipinski definition) is 3. The Bertz CT molecular complexity index is 466. The van der Waals surface area contributed by atoms with Gasteiger partial charge in [0.1, 0.15) is 6.07 Å². The molecule has 0 aliphatic heterocycles. The fraction of sp³-hybridized carbons (Fsp3) is 0.500. The van der Waals surface area contributed by atoms with Gasteiger partial charge >= 0.3 is 5.97 Å². The fourth-order valence-electron chi connectivity index (χ4n) is 2.16. The van der Waals surface area contributed by atoms with Gasteiger partial charge in [0.2, 0.25) is 0 Å². The van der Waals surface area contributed by atoms with Crippen molar-refractivity contribution in [3.05, 3.63) is 29.8 Å². The predicted octanol–water partition coefficient (Wildman–Crippen LogP) is 3.42. The number of unbranched alkanes of at least 4 members (excludes halogenated alkanes) is 3. The molecule has 0 fully saturated rings. The van der Waals surface area contributed by atoms with Crippen molar-refractivity contribution in [1.29, 1.82) is 5.26 Å². The van der Waals surface area contributed by atoms with Crippen LogP contribution in [0.2, 0.25) is 0 Å². The van der Waals surface area contributed by atoms with E-state index >= 15 is 0 Å². The largest absolute Gasteiger partial charge is 0.481 e. The number of benzene rings is 1. The van der Waals surface area contributed by atoms with E-state index in [9.17, 15) is 4.79 Å². The standard InChI is InChI=1S/C16H22N2O2/c1-2-3-4-7-11-18(12-10-16(19)20)15-9-6-5-8-14(15)13-17/h5-6,8-9H,2-4,7,10-12H2,1H3,(H,19,20). The van der Waals surface area contributed by atoms with Gasteiger partial charge in [0, 0.05) is 13.1 Å². The molecule has 0 spiro atoms. The first-order chi connectivity index (χ1) is 9.69. The molecule has 4 nitrogen and oxygen atoms in total. The first kappa shape index (κ1) is 16.0. The number of hydrogen-bond donors (Lipinski definition) is 1. The van der Waals surface area contributed by atoms with Gasteiger partial charge in [0.25, 0.3) is 0 Å². The lowest BCUT2D eigenvalue weighted by Gasteiger charge is -2.25. The third-order valence-corrected chi connectivity index (χ3v) is 3.24. The van der Waals surface area contributed by atoms with Crippen LogP contribution in [0.1, 0.15) is 44.6 Å². The molecule has 0 bridgehead atoms. The van der Waals surface area contributed by atoms with Crippen LogP contribution in [0.3, 0.4) is 0 Å². The molecule has 0 radical (unpaired) electrons. The maximum Gasteiger partial charge on any atom is 0.305 e. The fourth-order valence-corrected chi connectivity index (χ4v) is 2.16. The van der Waals surface area contributed by atoms with Gasteiger partial charge < -0.3 is 10.0 Å². The van der Waals surface area contributed by atoms with Gasteiger partial charge in [-0.1, -0.05) is 38.3 Å². The third-order valence-electron chi connectivity index (χ3n) is 3.24. The van der Waals surface area contributed by atoms with Crippen LogP contribution in [0.5, 0.6) is 0 Å². The SMILES string of the molecule is CCCCCCN(CCC(=O)O)c1ccccc1C#N. The molecule has 0 saturated heterocycles. The van der Waals surface area contributed by atoms with Crippen LogP contribution in [0.4, 0.5) is 5.69 Å². The normalized spacial score (nSPS) is 10.0. The Labute approximate surface area is 120 Å². The summed E-state index contributed by atoms with van der Waals surface area (Å²) in [5.74, 6) is -0.807. The molecule has 0 aromatic heterocycles. The zero-order chi connectivity index (χ0) is 14.8. The monoisotopic (exact) mass is 274 g/mol. The van der Waals surface area contributed by atoms with Gasteiger partial charge in [-0.25, -0.2) is 0 Å². The summed E-state index contributed by atoms with van der Waals surface area (Å²) in [5, 5.41) is 18.0. The first-order valence-corrected chi connectivity index (χ1v) is 7.15. The Balaban J connectivity index is 2.75. The number of nitriles is 1. The van der Waals surface area contributed by atoms with E-state index in [0.717, 1.165) is 25.1 Å². The van der Waals surface area contributed by atoms with Crippen molar-refractivity contribution in [2.45, 2.75) is 39.0 Å².